The van der Waals surface area contributed by atoms with E-state index < -0.39 is 11.4 Å². The molecule has 0 spiro atoms. The van der Waals surface area contributed by atoms with E-state index in [-0.39, 0.29) is 0 Å². The number of pyridine rings is 1. The monoisotopic (exact) mass is 232 g/mol. The van der Waals surface area contributed by atoms with Gasteiger partial charge in [-0.05, 0) is 38.3 Å². The lowest BCUT2D eigenvalue weighted by molar-refractivity contribution is -0.151. The lowest BCUT2D eigenvalue weighted by atomic mass is 9.86. The summed E-state index contributed by atoms with van der Waals surface area (Å²) in [6, 6.07) is 5.80. The van der Waals surface area contributed by atoms with E-state index in [1.807, 2.05) is 18.2 Å². The van der Waals surface area contributed by atoms with Gasteiger partial charge in [-0.2, -0.15) is 5.26 Å². The molecule has 0 saturated heterocycles. The molecule has 4 heteroatoms. The molecular weight excluding hydrogens is 216 g/mol. The Morgan fingerprint density at radius 1 is 1.65 bits per heavy atom. The van der Waals surface area contributed by atoms with Crippen LogP contribution in [-0.2, 0) is 16.0 Å². The molecule has 0 amide bonds. The fourth-order valence-corrected chi connectivity index (χ4v) is 1.43. The fraction of sp³-hybridized carbons (Fsp3) is 0.462. The fourth-order valence-electron chi connectivity index (χ4n) is 1.43. The zero-order valence-corrected chi connectivity index (χ0v) is 10.1. The molecule has 0 bridgehead atoms. The number of carbonyl (C=O) groups is 1. The van der Waals surface area contributed by atoms with Crippen molar-refractivity contribution in [3.05, 3.63) is 30.1 Å². The van der Waals surface area contributed by atoms with Crippen molar-refractivity contribution in [2.45, 2.75) is 26.7 Å². The Morgan fingerprint density at radius 3 is 2.94 bits per heavy atom. The van der Waals surface area contributed by atoms with Gasteiger partial charge in [0.25, 0.3) is 0 Å². The molecule has 0 aliphatic carbocycles. The molecule has 1 unspecified atom stereocenters. The topological polar surface area (TPSA) is 63.0 Å². The summed E-state index contributed by atoms with van der Waals surface area (Å²) in [7, 11) is 0. The van der Waals surface area contributed by atoms with Gasteiger partial charge in [-0.3, -0.25) is 9.78 Å². The van der Waals surface area contributed by atoms with Crippen LogP contribution in [0.15, 0.2) is 24.5 Å². The van der Waals surface area contributed by atoms with Gasteiger partial charge in [0.15, 0.2) is 5.41 Å². The highest BCUT2D eigenvalue weighted by atomic mass is 16.5. The van der Waals surface area contributed by atoms with Gasteiger partial charge in [-0.15, -0.1) is 0 Å². The van der Waals surface area contributed by atoms with E-state index in [2.05, 4.69) is 4.98 Å². The average molecular weight is 232 g/mol. The molecule has 1 rings (SSSR count). The molecule has 1 aromatic rings. The van der Waals surface area contributed by atoms with Gasteiger partial charge in [-0.1, -0.05) is 6.07 Å². The third-order valence-electron chi connectivity index (χ3n) is 2.61. The minimum absolute atomic E-state index is 0.295. The highest BCUT2D eigenvalue weighted by molar-refractivity contribution is 5.79. The van der Waals surface area contributed by atoms with E-state index in [9.17, 15) is 4.79 Å². The quantitative estimate of drug-likeness (QED) is 0.729. The number of esters is 1. The lowest BCUT2D eigenvalue weighted by Gasteiger charge is -2.18. The van der Waals surface area contributed by atoms with E-state index >= 15 is 0 Å². The Balaban J connectivity index is 2.65. The first-order chi connectivity index (χ1) is 8.12. The maximum absolute atomic E-state index is 11.7. The Kier molecular flexibility index (Phi) is 4.65. The number of rotatable bonds is 5. The standard InChI is InChI=1S/C13H16N2O2/c1-3-17-12(16)13(2,10-14)7-6-11-5-4-8-15-9-11/h4-5,8-9H,3,6-7H2,1-2H3. The summed E-state index contributed by atoms with van der Waals surface area (Å²) in [6.07, 6.45) is 4.51. The summed E-state index contributed by atoms with van der Waals surface area (Å²) in [4.78, 5) is 15.7. The van der Waals surface area contributed by atoms with E-state index in [0.717, 1.165) is 5.56 Å². The number of hydrogen-bond acceptors (Lipinski definition) is 4. The Morgan fingerprint density at radius 2 is 2.41 bits per heavy atom. The average Bonchev–Trinajstić information content (AvgIpc) is 2.37. The summed E-state index contributed by atoms with van der Waals surface area (Å²) in [5, 5.41) is 9.09. The number of carbonyl (C=O) groups excluding carboxylic acids is 1. The Hall–Kier alpha value is -1.89. The Labute approximate surface area is 101 Å². The number of aromatic nitrogens is 1. The predicted molar refractivity (Wildman–Crippen MR) is 62.9 cm³/mol. The second kappa shape index (κ2) is 6.00. The van der Waals surface area contributed by atoms with Crippen LogP contribution in [0.5, 0.6) is 0 Å². The third-order valence-corrected chi connectivity index (χ3v) is 2.61. The van der Waals surface area contributed by atoms with Crippen LogP contribution in [0.4, 0.5) is 0 Å². The molecule has 0 aliphatic heterocycles. The lowest BCUT2D eigenvalue weighted by Crippen LogP contribution is -2.29. The maximum Gasteiger partial charge on any atom is 0.326 e. The molecule has 0 aliphatic rings. The van der Waals surface area contributed by atoms with E-state index in [4.69, 9.17) is 10.00 Å². The minimum atomic E-state index is -1.08. The highest BCUT2D eigenvalue weighted by Crippen LogP contribution is 2.24. The number of nitrogens with zero attached hydrogens (tertiary/aromatic N) is 2. The largest absolute Gasteiger partial charge is 0.465 e. The molecule has 0 radical (unpaired) electrons. The van der Waals surface area contributed by atoms with Crippen molar-refractivity contribution >= 4 is 5.97 Å². The van der Waals surface area contributed by atoms with Gasteiger partial charge in [0.05, 0.1) is 12.7 Å². The number of ether oxygens (including phenoxy) is 1. The minimum Gasteiger partial charge on any atom is -0.465 e. The van der Waals surface area contributed by atoms with Crippen molar-refractivity contribution in [2.24, 2.45) is 5.41 Å². The van der Waals surface area contributed by atoms with Crippen LogP contribution in [-0.4, -0.2) is 17.6 Å². The van der Waals surface area contributed by atoms with Gasteiger partial charge in [0.1, 0.15) is 0 Å². The number of hydrogen-bond donors (Lipinski definition) is 0. The van der Waals surface area contributed by atoms with Crippen molar-refractivity contribution in [2.75, 3.05) is 6.61 Å². The normalized spacial score (nSPS) is 13.5. The number of nitriles is 1. The molecule has 0 aromatic carbocycles. The molecule has 90 valence electrons. The van der Waals surface area contributed by atoms with Crippen molar-refractivity contribution in [1.29, 1.82) is 5.26 Å². The maximum atomic E-state index is 11.7. The first-order valence-electron chi connectivity index (χ1n) is 5.60. The van der Waals surface area contributed by atoms with Crippen LogP contribution < -0.4 is 0 Å². The second-order valence-corrected chi connectivity index (χ2v) is 4.03. The third kappa shape index (κ3) is 3.56. The van der Waals surface area contributed by atoms with Crippen molar-refractivity contribution in [3.8, 4) is 6.07 Å². The summed E-state index contributed by atoms with van der Waals surface area (Å²) in [5.74, 6) is -0.452. The summed E-state index contributed by atoms with van der Waals surface area (Å²) in [5.41, 5.74) is -0.0652. The van der Waals surface area contributed by atoms with Crippen LogP contribution >= 0.6 is 0 Å². The van der Waals surface area contributed by atoms with Crippen LogP contribution in [0, 0.1) is 16.7 Å². The first kappa shape index (κ1) is 13.2. The van der Waals surface area contributed by atoms with Crippen LogP contribution in [0.25, 0.3) is 0 Å². The molecule has 1 atom stereocenters. The smallest absolute Gasteiger partial charge is 0.326 e. The molecule has 1 heterocycles. The van der Waals surface area contributed by atoms with Crippen LogP contribution in [0.3, 0.4) is 0 Å². The summed E-state index contributed by atoms with van der Waals surface area (Å²) < 4.78 is 4.91. The molecule has 0 fully saturated rings. The van der Waals surface area contributed by atoms with Gasteiger partial charge < -0.3 is 4.74 Å². The molecule has 17 heavy (non-hydrogen) atoms. The summed E-state index contributed by atoms with van der Waals surface area (Å²) >= 11 is 0. The number of aryl methyl sites for hydroxylation is 1. The molecule has 0 saturated carbocycles. The van der Waals surface area contributed by atoms with Gasteiger partial charge >= 0.3 is 5.97 Å². The molecule has 0 N–H and O–H groups in total. The van der Waals surface area contributed by atoms with Gasteiger partial charge in [0.2, 0.25) is 0 Å². The van der Waals surface area contributed by atoms with Crippen molar-refractivity contribution in [1.82, 2.24) is 4.98 Å². The molecule has 1 aromatic heterocycles. The van der Waals surface area contributed by atoms with Crippen molar-refractivity contribution < 1.29 is 9.53 Å². The summed E-state index contributed by atoms with van der Waals surface area (Å²) in [6.45, 7) is 3.64. The Bertz CT molecular complexity index is 411. The first-order valence-corrected chi connectivity index (χ1v) is 5.60. The van der Waals surface area contributed by atoms with E-state index in [1.165, 1.54) is 0 Å². The SMILES string of the molecule is CCOC(=O)C(C)(C#N)CCc1cccnc1. The molecular formula is C13H16N2O2. The zero-order valence-electron chi connectivity index (χ0n) is 10.1. The molecule has 4 nitrogen and oxygen atoms in total. The van der Waals surface area contributed by atoms with E-state index in [1.54, 1.807) is 26.2 Å². The zero-order chi connectivity index (χ0) is 12.7. The van der Waals surface area contributed by atoms with Crippen LogP contribution in [0.2, 0.25) is 0 Å². The highest BCUT2D eigenvalue weighted by Gasteiger charge is 2.34. The van der Waals surface area contributed by atoms with Crippen LogP contribution in [0.1, 0.15) is 25.8 Å². The second-order valence-electron chi connectivity index (χ2n) is 4.03. The van der Waals surface area contributed by atoms with Crippen molar-refractivity contribution in [3.63, 3.8) is 0 Å². The van der Waals surface area contributed by atoms with E-state index in [0.29, 0.717) is 19.4 Å². The predicted octanol–water partition coefficient (Wildman–Crippen LogP) is 2.11. The van der Waals surface area contributed by atoms with Gasteiger partial charge in [0, 0.05) is 12.4 Å². The van der Waals surface area contributed by atoms with Gasteiger partial charge in [-0.25, -0.2) is 0 Å².